The van der Waals surface area contributed by atoms with Crippen molar-refractivity contribution in [2.45, 2.75) is 32.7 Å². The van der Waals surface area contributed by atoms with E-state index in [1.165, 1.54) is 5.56 Å². The monoisotopic (exact) mass is 404 g/mol. The van der Waals surface area contributed by atoms with E-state index >= 15 is 0 Å². The molecule has 7 nitrogen and oxygen atoms in total. The van der Waals surface area contributed by atoms with E-state index in [9.17, 15) is 9.59 Å². The second-order valence-corrected chi connectivity index (χ2v) is 7.29. The molecule has 0 bridgehead atoms. The van der Waals surface area contributed by atoms with E-state index in [1.54, 1.807) is 11.8 Å². The first kappa shape index (κ1) is 19.7. The second kappa shape index (κ2) is 8.02. The van der Waals surface area contributed by atoms with Crippen molar-refractivity contribution in [1.82, 2.24) is 9.78 Å². The third-order valence-electron chi connectivity index (χ3n) is 5.33. The highest BCUT2D eigenvalue weighted by atomic mass is 16.5. The molecule has 1 aromatic heterocycles. The van der Waals surface area contributed by atoms with Gasteiger partial charge in [-0.1, -0.05) is 31.2 Å². The molecule has 1 atom stereocenters. The van der Waals surface area contributed by atoms with Crippen molar-refractivity contribution in [1.29, 1.82) is 0 Å². The van der Waals surface area contributed by atoms with Gasteiger partial charge in [0.15, 0.2) is 0 Å². The molecule has 0 aliphatic carbocycles. The molecule has 154 valence electrons. The van der Waals surface area contributed by atoms with Gasteiger partial charge in [0.1, 0.15) is 17.6 Å². The van der Waals surface area contributed by atoms with Crippen molar-refractivity contribution < 1.29 is 14.3 Å². The van der Waals surface area contributed by atoms with Crippen molar-refractivity contribution in [2.24, 2.45) is 0 Å². The normalized spacial score (nSPS) is 14.9. The van der Waals surface area contributed by atoms with Crippen molar-refractivity contribution in [3.63, 3.8) is 0 Å². The standard InChI is InChI=1S/C23H24N4O3/c1-4-15-5-9-17(10-6-15)24-20(28)13-19-23(29)25-22-21(14(2)26-27(19)22)16-7-11-18(30-3)12-8-16/h5-12,19H,4,13H2,1-3H3,(H,24,28)(H,25,29). The molecule has 1 aliphatic rings. The lowest BCUT2D eigenvalue weighted by molar-refractivity contribution is -0.123. The van der Waals surface area contributed by atoms with E-state index in [4.69, 9.17) is 4.74 Å². The molecule has 0 fully saturated rings. The molecule has 2 N–H and O–H groups in total. The fraction of sp³-hybridized carbons (Fsp3) is 0.261. The maximum Gasteiger partial charge on any atom is 0.251 e. The Labute approximate surface area is 175 Å². The summed E-state index contributed by atoms with van der Waals surface area (Å²) in [7, 11) is 1.62. The number of carbonyl (C=O) groups excluding carboxylic acids is 2. The van der Waals surface area contributed by atoms with E-state index in [0.717, 1.165) is 29.0 Å². The predicted octanol–water partition coefficient (Wildman–Crippen LogP) is 3.95. The first-order valence-corrected chi connectivity index (χ1v) is 9.93. The van der Waals surface area contributed by atoms with Gasteiger partial charge in [0, 0.05) is 11.3 Å². The third-order valence-corrected chi connectivity index (χ3v) is 5.33. The van der Waals surface area contributed by atoms with Gasteiger partial charge < -0.3 is 15.4 Å². The zero-order chi connectivity index (χ0) is 21.3. The number of methoxy groups -OCH3 is 1. The molecule has 0 radical (unpaired) electrons. The number of nitrogens with one attached hydrogen (secondary N) is 2. The molecule has 0 spiro atoms. The third kappa shape index (κ3) is 3.66. The summed E-state index contributed by atoms with van der Waals surface area (Å²) in [6.07, 6.45) is 0.950. The molecule has 2 heterocycles. The molecule has 3 aromatic rings. The molecule has 1 unspecified atom stereocenters. The average Bonchev–Trinajstić information content (AvgIpc) is 3.22. The number of aryl methyl sites for hydroxylation is 2. The highest BCUT2D eigenvalue weighted by molar-refractivity contribution is 6.04. The number of carbonyl (C=O) groups is 2. The van der Waals surface area contributed by atoms with Crippen LogP contribution in [0.25, 0.3) is 11.1 Å². The van der Waals surface area contributed by atoms with E-state index in [2.05, 4.69) is 22.7 Å². The zero-order valence-electron chi connectivity index (χ0n) is 17.2. The minimum absolute atomic E-state index is 0.0114. The maximum absolute atomic E-state index is 12.6. The van der Waals surface area contributed by atoms with Gasteiger partial charge in [0.25, 0.3) is 5.91 Å². The number of benzene rings is 2. The van der Waals surface area contributed by atoms with Crippen LogP contribution in [-0.4, -0.2) is 28.7 Å². The Bertz CT molecular complexity index is 1080. The van der Waals surface area contributed by atoms with Gasteiger partial charge in [-0.25, -0.2) is 4.68 Å². The summed E-state index contributed by atoms with van der Waals surface area (Å²) in [6.45, 7) is 3.97. The number of ether oxygens (including phenoxy) is 1. The summed E-state index contributed by atoms with van der Waals surface area (Å²) in [4.78, 5) is 25.2. The smallest absolute Gasteiger partial charge is 0.251 e. The van der Waals surface area contributed by atoms with Crippen LogP contribution in [0.3, 0.4) is 0 Å². The van der Waals surface area contributed by atoms with Gasteiger partial charge in [-0.05, 0) is 48.7 Å². The van der Waals surface area contributed by atoms with Crippen LogP contribution in [0.1, 0.15) is 30.6 Å². The molecular formula is C23H24N4O3. The Hall–Kier alpha value is -3.61. The molecule has 0 saturated heterocycles. The zero-order valence-corrected chi connectivity index (χ0v) is 17.2. The SMILES string of the molecule is CCc1ccc(NC(=O)CC2C(=O)Nc3c(-c4ccc(OC)cc4)c(C)nn32)cc1. The van der Waals surface area contributed by atoms with Gasteiger partial charge in [-0.3, -0.25) is 9.59 Å². The summed E-state index contributed by atoms with van der Waals surface area (Å²) >= 11 is 0. The van der Waals surface area contributed by atoms with Crippen LogP contribution in [0.15, 0.2) is 48.5 Å². The fourth-order valence-corrected chi connectivity index (χ4v) is 3.70. The molecular weight excluding hydrogens is 380 g/mol. The Morgan fingerprint density at radius 2 is 1.87 bits per heavy atom. The van der Waals surface area contributed by atoms with Crippen molar-refractivity contribution >= 4 is 23.3 Å². The minimum atomic E-state index is -0.680. The van der Waals surface area contributed by atoms with Gasteiger partial charge in [0.2, 0.25) is 5.91 Å². The highest BCUT2D eigenvalue weighted by Crippen LogP contribution is 2.38. The average molecular weight is 404 g/mol. The van der Waals surface area contributed by atoms with Gasteiger partial charge >= 0.3 is 0 Å². The number of aromatic nitrogens is 2. The molecule has 0 saturated carbocycles. The van der Waals surface area contributed by atoms with Crippen molar-refractivity contribution in [3.05, 3.63) is 59.8 Å². The number of hydrogen-bond donors (Lipinski definition) is 2. The van der Waals surface area contributed by atoms with Crippen LogP contribution in [0, 0.1) is 6.92 Å². The van der Waals surface area contributed by atoms with Gasteiger partial charge in [0.05, 0.1) is 19.2 Å². The number of anilines is 2. The van der Waals surface area contributed by atoms with Crippen LogP contribution in [0.5, 0.6) is 5.75 Å². The number of amides is 2. The summed E-state index contributed by atoms with van der Waals surface area (Å²) in [5.74, 6) is 0.911. The summed E-state index contributed by atoms with van der Waals surface area (Å²) in [6, 6.07) is 14.6. The number of nitrogens with zero attached hydrogens (tertiary/aromatic N) is 2. The molecule has 1 aliphatic heterocycles. The second-order valence-electron chi connectivity index (χ2n) is 7.29. The molecule has 7 heteroatoms. The van der Waals surface area contributed by atoms with Crippen LogP contribution in [0.2, 0.25) is 0 Å². The Morgan fingerprint density at radius 1 is 1.17 bits per heavy atom. The number of hydrogen-bond acceptors (Lipinski definition) is 4. The fourth-order valence-electron chi connectivity index (χ4n) is 3.70. The number of fused-ring (bicyclic) bond motifs is 1. The lowest BCUT2D eigenvalue weighted by Gasteiger charge is -2.10. The predicted molar refractivity (Wildman–Crippen MR) is 116 cm³/mol. The Balaban J connectivity index is 1.54. The molecule has 30 heavy (non-hydrogen) atoms. The quantitative estimate of drug-likeness (QED) is 0.651. The number of rotatable bonds is 6. The molecule has 2 amide bonds. The maximum atomic E-state index is 12.6. The first-order valence-electron chi connectivity index (χ1n) is 9.93. The summed E-state index contributed by atoms with van der Waals surface area (Å²) in [5, 5.41) is 10.3. The van der Waals surface area contributed by atoms with E-state index < -0.39 is 6.04 Å². The molecule has 4 rings (SSSR count). The topological polar surface area (TPSA) is 85.2 Å². The summed E-state index contributed by atoms with van der Waals surface area (Å²) in [5.41, 5.74) is 4.48. The van der Waals surface area contributed by atoms with Crippen molar-refractivity contribution in [3.8, 4) is 16.9 Å². The largest absolute Gasteiger partial charge is 0.497 e. The van der Waals surface area contributed by atoms with Gasteiger partial charge in [-0.2, -0.15) is 5.10 Å². The Kier molecular flexibility index (Phi) is 5.27. The van der Waals surface area contributed by atoms with E-state index in [0.29, 0.717) is 11.5 Å². The lowest BCUT2D eigenvalue weighted by Crippen LogP contribution is -2.23. The van der Waals surface area contributed by atoms with E-state index in [-0.39, 0.29) is 18.2 Å². The van der Waals surface area contributed by atoms with Crippen LogP contribution >= 0.6 is 0 Å². The highest BCUT2D eigenvalue weighted by Gasteiger charge is 2.36. The first-order chi connectivity index (χ1) is 14.5. The van der Waals surface area contributed by atoms with Crippen LogP contribution < -0.4 is 15.4 Å². The Morgan fingerprint density at radius 3 is 2.50 bits per heavy atom. The van der Waals surface area contributed by atoms with Crippen LogP contribution in [-0.2, 0) is 16.0 Å². The van der Waals surface area contributed by atoms with Crippen molar-refractivity contribution in [2.75, 3.05) is 17.7 Å². The van der Waals surface area contributed by atoms with Crippen LogP contribution in [0.4, 0.5) is 11.5 Å². The minimum Gasteiger partial charge on any atom is -0.497 e. The van der Waals surface area contributed by atoms with Gasteiger partial charge in [-0.15, -0.1) is 0 Å². The molecule has 2 aromatic carbocycles. The lowest BCUT2D eigenvalue weighted by atomic mass is 10.1. The van der Waals surface area contributed by atoms with E-state index in [1.807, 2.05) is 55.5 Å². The summed E-state index contributed by atoms with van der Waals surface area (Å²) < 4.78 is 6.84.